The average molecular weight is 328 g/mol. The van der Waals surface area contributed by atoms with Gasteiger partial charge in [0.15, 0.2) is 0 Å². The number of halogens is 2. The van der Waals surface area contributed by atoms with Gasteiger partial charge in [0.2, 0.25) is 0 Å². The molecule has 1 heterocycles. The third-order valence-corrected chi connectivity index (χ3v) is 4.32. The number of hydrogen-bond donors (Lipinski definition) is 1. The smallest absolute Gasteiger partial charge is 0.335 e. The van der Waals surface area contributed by atoms with E-state index in [4.69, 9.17) is 28.3 Å². The number of rotatable bonds is 4. The lowest BCUT2D eigenvalue weighted by Gasteiger charge is -2.07. The molecule has 6 heteroatoms. The third-order valence-electron chi connectivity index (χ3n) is 2.63. The minimum atomic E-state index is -0.935. The molecule has 0 saturated carbocycles. The highest BCUT2D eigenvalue weighted by molar-refractivity contribution is 7.98. The molecule has 0 radical (unpaired) electrons. The first-order valence-electron chi connectivity index (χ1n) is 5.75. The molecule has 0 amide bonds. The minimum Gasteiger partial charge on any atom is -0.478 e. The van der Waals surface area contributed by atoms with Gasteiger partial charge in [0, 0.05) is 26.9 Å². The van der Waals surface area contributed by atoms with Crippen molar-refractivity contribution in [1.29, 1.82) is 0 Å². The Hall–Kier alpha value is -1.23. The Morgan fingerprint density at radius 2 is 1.95 bits per heavy atom. The number of nitrogens with zero attached hydrogens (tertiary/aromatic N) is 1. The summed E-state index contributed by atoms with van der Waals surface area (Å²) in [6.45, 7) is 1.83. The molecule has 1 aromatic heterocycles. The summed E-state index contributed by atoms with van der Waals surface area (Å²) in [7, 11) is 0. The number of carbonyl (C=O) groups is 1. The van der Waals surface area contributed by atoms with Crippen LogP contribution in [0.4, 0.5) is 0 Å². The largest absolute Gasteiger partial charge is 0.478 e. The lowest BCUT2D eigenvalue weighted by atomic mass is 10.2. The van der Waals surface area contributed by atoms with E-state index < -0.39 is 5.97 Å². The highest BCUT2D eigenvalue weighted by Crippen LogP contribution is 2.31. The Labute approximate surface area is 130 Å². The highest BCUT2D eigenvalue weighted by Gasteiger charge is 2.09. The fourth-order valence-electron chi connectivity index (χ4n) is 1.60. The summed E-state index contributed by atoms with van der Waals surface area (Å²) in [5, 5.41) is 9.83. The number of aromatic nitrogens is 1. The molecule has 0 fully saturated rings. The SMILES string of the molecule is Cc1cc(Cl)c(CSc2ccc(C(=O)O)cc2)c(Cl)n1. The van der Waals surface area contributed by atoms with Gasteiger partial charge >= 0.3 is 5.97 Å². The van der Waals surface area contributed by atoms with Crippen LogP contribution in [0.5, 0.6) is 0 Å². The van der Waals surface area contributed by atoms with Crippen LogP contribution in [0.2, 0.25) is 10.2 Å². The van der Waals surface area contributed by atoms with E-state index >= 15 is 0 Å². The van der Waals surface area contributed by atoms with Crippen LogP contribution < -0.4 is 0 Å². The molecule has 0 bridgehead atoms. The lowest BCUT2D eigenvalue weighted by molar-refractivity contribution is 0.0697. The van der Waals surface area contributed by atoms with Gasteiger partial charge in [0.05, 0.1) is 5.56 Å². The monoisotopic (exact) mass is 327 g/mol. The number of carboxylic acid groups (broad SMARTS) is 1. The Morgan fingerprint density at radius 3 is 2.50 bits per heavy atom. The molecule has 3 nitrogen and oxygen atoms in total. The standard InChI is InChI=1S/C14H11Cl2NO2S/c1-8-6-12(15)11(13(16)17-8)7-20-10-4-2-9(3-5-10)14(18)19/h2-6H,7H2,1H3,(H,18,19). The fraction of sp³-hybridized carbons (Fsp3) is 0.143. The second kappa shape index (κ2) is 6.48. The van der Waals surface area contributed by atoms with Crippen molar-refractivity contribution in [1.82, 2.24) is 4.98 Å². The Balaban J connectivity index is 2.11. The van der Waals surface area contributed by atoms with Crippen molar-refractivity contribution in [3.05, 3.63) is 57.3 Å². The molecule has 20 heavy (non-hydrogen) atoms. The van der Waals surface area contributed by atoms with Crippen molar-refractivity contribution < 1.29 is 9.90 Å². The van der Waals surface area contributed by atoms with Crippen LogP contribution in [-0.4, -0.2) is 16.1 Å². The van der Waals surface area contributed by atoms with E-state index in [2.05, 4.69) is 4.98 Å². The van der Waals surface area contributed by atoms with E-state index in [-0.39, 0.29) is 5.56 Å². The molecule has 0 unspecified atom stereocenters. The van der Waals surface area contributed by atoms with Gasteiger partial charge < -0.3 is 5.11 Å². The van der Waals surface area contributed by atoms with Crippen LogP contribution in [-0.2, 0) is 5.75 Å². The Kier molecular flexibility index (Phi) is 4.91. The van der Waals surface area contributed by atoms with Crippen LogP contribution in [0.3, 0.4) is 0 Å². The summed E-state index contributed by atoms with van der Waals surface area (Å²) in [6.07, 6.45) is 0. The minimum absolute atomic E-state index is 0.266. The number of thioether (sulfide) groups is 1. The molecule has 1 N–H and O–H groups in total. The highest BCUT2D eigenvalue weighted by atomic mass is 35.5. The normalized spacial score (nSPS) is 10.6. The second-order valence-corrected chi connectivity index (χ2v) is 5.95. The van der Waals surface area contributed by atoms with Crippen molar-refractivity contribution in [2.24, 2.45) is 0 Å². The van der Waals surface area contributed by atoms with Gasteiger partial charge in [-0.05, 0) is 37.3 Å². The molecule has 2 rings (SSSR count). The van der Waals surface area contributed by atoms with E-state index in [0.717, 1.165) is 16.2 Å². The first-order chi connectivity index (χ1) is 9.47. The summed E-state index contributed by atoms with van der Waals surface area (Å²) in [6, 6.07) is 8.44. The zero-order chi connectivity index (χ0) is 14.7. The first kappa shape index (κ1) is 15.2. The summed E-state index contributed by atoms with van der Waals surface area (Å²) < 4.78 is 0. The van der Waals surface area contributed by atoms with Gasteiger partial charge in [0.25, 0.3) is 0 Å². The maximum Gasteiger partial charge on any atom is 0.335 e. The molecule has 0 saturated heterocycles. The summed E-state index contributed by atoms with van der Waals surface area (Å²) >= 11 is 13.8. The van der Waals surface area contributed by atoms with Crippen LogP contribution in [0.25, 0.3) is 0 Å². The van der Waals surface area contributed by atoms with Crippen LogP contribution in [0, 0.1) is 6.92 Å². The fourth-order valence-corrected chi connectivity index (χ4v) is 3.36. The first-order valence-corrected chi connectivity index (χ1v) is 7.49. The van der Waals surface area contributed by atoms with Crippen molar-refractivity contribution in [2.75, 3.05) is 0 Å². The van der Waals surface area contributed by atoms with E-state index in [1.807, 2.05) is 6.92 Å². The van der Waals surface area contributed by atoms with Gasteiger partial charge in [0.1, 0.15) is 5.15 Å². The molecule has 2 aromatic rings. The van der Waals surface area contributed by atoms with Crippen LogP contribution >= 0.6 is 35.0 Å². The molecule has 0 atom stereocenters. The zero-order valence-corrected chi connectivity index (χ0v) is 12.9. The maximum absolute atomic E-state index is 10.8. The molecule has 0 spiro atoms. The lowest BCUT2D eigenvalue weighted by Crippen LogP contribution is -1.95. The predicted octanol–water partition coefficient (Wildman–Crippen LogP) is 4.69. The zero-order valence-electron chi connectivity index (χ0n) is 10.6. The van der Waals surface area contributed by atoms with Crippen molar-refractivity contribution in [3.8, 4) is 0 Å². The molecule has 0 aliphatic rings. The van der Waals surface area contributed by atoms with Gasteiger partial charge in [-0.1, -0.05) is 23.2 Å². The number of carboxylic acids is 1. The van der Waals surface area contributed by atoms with E-state index in [0.29, 0.717) is 15.9 Å². The number of aromatic carboxylic acids is 1. The number of benzene rings is 1. The molecular weight excluding hydrogens is 317 g/mol. The topological polar surface area (TPSA) is 50.2 Å². The number of aryl methyl sites for hydroxylation is 1. The average Bonchev–Trinajstić information content (AvgIpc) is 2.38. The third kappa shape index (κ3) is 3.66. The summed E-state index contributed by atoms with van der Waals surface area (Å²) in [5.41, 5.74) is 1.83. The molecule has 0 aliphatic heterocycles. The van der Waals surface area contributed by atoms with Crippen molar-refractivity contribution in [2.45, 2.75) is 17.6 Å². The molecule has 1 aromatic carbocycles. The second-order valence-electron chi connectivity index (χ2n) is 4.13. The van der Waals surface area contributed by atoms with Crippen molar-refractivity contribution in [3.63, 3.8) is 0 Å². The molecule has 0 aliphatic carbocycles. The van der Waals surface area contributed by atoms with Crippen LogP contribution in [0.1, 0.15) is 21.6 Å². The van der Waals surface area contributed by atoms with E-state index in [9.17, 15) is 4.79 Å². The van der Waals surface area contributed by atoms with E-state index in [1.165, 1.54) is 11.8 Å². The maximum atomic E-state index is 10.8. The summed E-state index contributed by atoms with van der Waals surface area (Å²) in [4.78, 5) is 15.9. The van der Waals surface area contributed by atoms with Crippen LogP contribution in [0.15, 0.2) is 35.2 Å². The quantitative estimate of drug-likeness (QED) is 0.653. The molecule has 104 valence electrons. The van der Waals surface area contributed by atoms with E-state index in [1.54, 1.807) is 30.3 Å². The van der Waals surface area contributed by atoms with Crippen molar-refractivity contribution >= 4 is 40.9 Å². The predicted molar refractivity (Wildman–Crippen MR) is 82.0 cm³/mol. The molecular formula is C14H11Cl2NO2S. The summed E-state index contributed by atoms with van der Waals surface area (Å²) in [5.74, 6) is -0.354. The van der Waals surface area contributed by atoms with Gasteiger partial charge in [-0.2, -0.15) is 0 Å². The van der Waals surface area contributed by atoms with Gasteiger partial charge in [-0.3, -0.25) is 0 Å². The van der Waals surface area contributed by atoms with Gasteiger partial charge in [-0.25, -0.2) is 9.78 Å². The Bertz CT molecular complexity index is 621. The van der Waals surface area contributed by atoms with Gasteiger partial charge in [-0.15, -0.1) is 11.8 Å². The Morgan fingerprint density at radius 1 is 1.30 bits per heavy atom. The number of hydrogen-bond acceptors (Lipinski definition) is 3. The number of pyridine rings is 1.